The van der Waals surface area contributed by atoms with E-state index in [-0.39, 0.29) is 17.0 Å². The summed E-state index contributed by atoms with van der Waals surface area (Å²) in [6.07, 6.45) is -2.82. The van der Waals surface area contributed by atoms with E-state index in [4.69, 9.17) is 17.3 Å². The van der Waals surface area contributed by atoms with Gasteiger partial charge in [0.15, 0.2) is 34.7 Å². The maximum absolute atomic E-state index is 15.4. The van der Waals surface area contributed by atoms with Gasteiger partial charge < -0.3 is 15.9 Å². The molecule has 2 fully saturated rings. The van der Waals surface area contributed by atoms with E-state index in [2.05, 4.69) is 0 Å². The fourth-order valence-electron chi connectivity index (χ4n) is 4.92. The van der Waals surface area contributed by atoms with Gasteiger partial charge in [-0.1, -0.05) is 11.6 Å². The van der Waals surface area contributed by atoms with E-state index in [1.807, 2.05) is 0 Å². The molecular weight excluding hydrogens is 409 g/mol. The normalized spacial score (nSPS) is 36.3. The van der Waals surface area contributed by atoms with Crippen molar-refractivity contribution in [2.45, 2.75) is 24.6 Å². The number of hydrogen-bond donors (Lipinski definition) is 3. The number of ketones is 4. The van der Waals surface area contributed by atoms with E-state index in [0.717, 1.165) is 6.07 Å². The first kappa shape index (κ1) is 19.7. The number of amides is 1. The molecule has 0 heterocycles. The van der Waals surface area contributed by atoms with Crippen LogP contribution in [0, 0.1) is 23.7 Å². The largest absolute Gasteiger partial charge is 0.507 e. The molecule has 0 aromatic heterocycles. The van der Waals surface area contributed by atoms with Crippen LogP contribution in [-0.2, 0) is 19.2 Å². The van der Waals surface area contributed by atoms with Crippen LogP contribution in [0.25, 0.3) is 0 Å². The van der Waals surface area contributed by atoms with Gasteiger partial charge in [0.1, 0.15) is 11.9 Å². The molecule has 1 aromatic rings. The van der Waals surface area contributed by atoms with Crippen molar-refractivity contribution in [2.75, 3.05) is 0 Å². The second-order valence-electron chi connectivity index (χ2n) is 7.70. The number of primary amides is 1. The van der Waals surface area contributed by atoms with Gasteiger partial charge in [-0.15, -0.1) is 0 Å². The van der Waals surface area contributed by atoms with Gasteiger partial charge in [0, 0.05) is 28.8 Å². The molecule has 10 heteroatoms. The van der Waals surface area contributed by atoms with E-state index in [1.165, 1.54) is 6.07 Å². The minimum absolute atomic E-state index is 0.116. The summed E-state index contributed by atoms with van der Waals surface area (Å²) < 4.78 is 15.4. The molecule has 2 saturated carbocycles. The van der Waals surface area contributed by atoms with Gasteiger partial charge in [0.05, 0.1) is 11.5 Å². The predicted octanol–water partition coefficient (Wildman–Crippen LogP) is 0.448. The fraction of sp³-hybridized carbons (Fsp3) is 0.421. The lowest BCUT2D eigenvalue weighted by Crippen LogP contribution is -2.68. The molecule has 2 unspecified atom stereocenters. The Morgan fingerprint density at radius 3 is 2.48 bits per heavy atom. The van der Waals surface area contributed by atoms with Gasteiger partial charge in [-0.3, -0.25) is 24.0 Å². The van der Waals surface area contributed by atoms with Crippen molar-refractivity contribution in [2.24, 2.45) is 29.4 Å². The van der Waals surface area contributed by atoms with Crippen LogP contribution in [0.15, 0.2) is 12.1 Å². The minimum Gasteiger partial charge on any atom is -0.507 e. The maximum Gasteiger partial charge on any atom is 0.235 e. The predicted molar refractivity (Wildman–Crippen MR) is 93.7 cm³/mol. The third kappa shape index (κ3) is 2.37. The third-order valence-electron chi connectivity index (χ3n) is 6.28. The monoisotopic (exact) mass is 423 g/mol. The van der Waals surface area contributed by atoms with E-state index >= 15 is 4.39 Å². The topological polar surface area (TPSA) is 152 Å². The van der Waals surface area contributed by atoms with Crippen molar-refractivity contribution in [3.63, 3.8) is 0 Å². The second kappa shape index (κ2) is 6.17. The number of carbonyl (C=O) groups excluding carboxylic acids is 5. The number of phenolic OH excluding ortho intramolecular Hbond substituents is 1. The Balaban J connectivity index is 1.87. The Labute approximate surface area is 167 Å². The number of aromatic hydroxyl groups is 1. The summed E-state index contributed by atoms with van der Waals surface area (Å²) in [5.74, 6) is -12.8. The molecule has 4 rings (SSSR count). The van der Waals surface area contributed by atoms with Crippen molar-refractivity contribution in [1.82, 2.24) is 0 Å². The van der Waals surface area contributed by atoms with E-state index < -0.39 is 82.2 Å². The summed E-state index contributed by atoms with van der Waals surface area (Å²) >= 11 is 6.01. The van der Waals surface area contributed by atoms with Gasteiger partial charge in [-0.25, -0.2) is 4.39 Å². The first-order valence-electron chi connectivity index (χ1n) is 8.84. The molecule has 0 bridgehead atoms. The van der Waals surface area contributed by atoms with Crippen LogP contribution in [-0.4, -0.2) is 44.9 Å². The number of Topliss-reactive ketones (excluding diaryl/α,β-unsaturated/α-hetero) is 4. The number of halogens is 2. The molecule has 0 saturated heterocycles. The van der Waals surface area contributed by atoms with Crippen LogP contribution in [0.4, 0.5) is 4.39 Å². The Hall–Kier alpha value is -2.65. The summed E-state index contributed by atoms with van der Waals surface area (Å²) in [5.41, 5.74) is 1.52. The molecule has 0 aliphatic heterocycles. The van der Waals surface area contributed by atoms with E-state index in [9.17, 15) is 34.2 Å². The Kier molecular flexibility index (Phi) is 4.18. The fourth-order valence-corrected chi connectivity index (χ4v) is 5.18. The van der Waals surface area contributed by atoms with Crippen molar-refractivity contribution >= 4 is 40.6 Å². The van der Waals surface area contributed by atoms with Crippen LogP contribution in [0.2, 0.25) is 5.02 Å². The molecule has 29 heavy (non-hydrogen) atoms. The zero-order valence-electron chi connectivity index (χ0n) is 14.7. The average Bonchev–Trinajstić information content (AvgIpc) is 2.64. The number of carbonyl (C=O) groups is 5. The Morgan fingerprint density at radius 1 is 1.21 bits per heavy atom. The lowest BCUT2D eigenvalue weighted by atomic mass is 9.53. The summed E-state index contributed by atoms with van der Waals surface area (Å²) in [5, 5.41) is 20.9. The number of hydrogen-bond acceptors (Lipinski definition) is 7. The highest BCUT2D eigenvalue weighted by Crippen LogP contribution is 2.55. The summed E-state index contributed by atoms with van der Waals surface area (Å²) in [7, 11) is 0. The van der Waals surface area contributed by atoms with E-state index in [1.54, 1.807) is 0 Å². The summed E-state index contributed by atoms with van der Waals surface area (Å²) in [6.45, 7) is 0. The van der Waals surface area contributed by atoms with Crippen LogP contribution in [0.1, 0.15) is 34.9 Å². The number of benzene rings is 1. The lowest BCUT2D eigenvalue weighted by Gasteiger charge is -2.49. The molecule has 8 nitrogen and oxygen atoms in total. The van der Waals surface area contributed by atoms with Crippen molar-refractivity contribution in [1.29, 1.82) is 0 Å². The highest BCUT2D eigenvalue weighted by molar-refractivity contribution is 6.34. The first-order chi connectivity index (χ1) is 13.5. The summed E-state index contributed by atoms with van der Waals surface area (Å²) in [4.78, 5) is 62.5. The molecule has 3 aliphatic carbocycles. The highest BCUT2D eigenvalue weighted by Gasteiger charge is 2.67. The van der Waals surface area contributed by atoms with Crippen molar-refractivity contribution in [3.05, 3.63) is 28.3 Å². The van der Waals surface area contributed by atoms with Gasteiger partial charge >= 0.3 is 0 Å². The number of fused-ring (bicyclic) bond motifs is 3. The Bertz CT molecular complexity index is 1020. The third-order valence-corrected chi connectivity index (χ3v) is 6.61. The van der Waals surface area contributed by atoms with Crippen LogP contribution >= 0.6 is 11.6 Å². The van der Waals surface area contributed by atoms with Gasteiger partial charge in [0.2, 0.25) is 5.91 Å². The average molecular weight is 424 g/mol. The molecule has 1 amide bonds. The van der Waals surface area contributed by atoms with Gasteiger partial charge in [-0.05, 0) is 18.6 Å². The summed E-state index contributed by atoms with van der Waals surface area (Å²) in [6, 6.07) is 2.28. The van der Waals surface area contributed by atoms with Crippen LogP contribution in [0.3, 0.4) is 0 Å². The number of rotatable bonds is 1. The lowest BCUT2D eigenvalue weighted by molar-refractivity contribution is -0.177. The quantitative estimate of drug-likeness (QED) is 0.554. The highest BCUT2D eigenvalue weighted by atomic mass is 35.5. The van der Waals surface area contributed by atoms with Gasteiger partial charge in [0.25, 0.3) is 0 Å². The van der Waals surface area contributed by atoms with Crippen molar-refractivity contribution in [3.8, 4) is 5.75 Å². The zero-order valence-corrected chi connectivity index (χ0v) is 15.5. The SMILES string of the molecule is NC(=O)C1C(=O)C[C@@H]2C[C@H]3C(C(=O)c4c(O)ccc(Cl)c4[C@@H]3F)C(=O)[C@]2(O)C1=O. The molecule has 0 spiro atoms. The smallest absolute Gasteiger partial charge is 0.235 e. The first-order valence-corrected chi connectivity index (χ1v) is 9.22. The van der Waals surface area contributed by atoms with Crippen LogP contribution < -0.4 is 5.73 Å². The number of nitrogens with two attached hydrogens (primary N) is 1. The molecule has 152 valence electrons. The molecule has 3 aliphatic rings. The van der Waals surface area contributed by atoms with Crippen LogP contribution in [0.5, 0.6) is 5.75 Å². The van der Waals surface area contributed by atoms with E-state index in [0.29, 0.717) is 0 Å². The molecular formula is C19H15ClFNO7. The zero-order chi connectivity index (χ0) is 21.4. The number of phenols is 1. The van der Waals surface area contributed by atoms with Crippen molar-refractivity contribution < 1.29 is 38.6 Å². The molecule has 6 atom stereocenters. The minimum atomic E-state index is -2.81. The second-order valence-corrected chi connectivity index (χ2v) is 8.10. The number of alkyl halides is 1. The standard InChI is InChI=1S/C19H15ClFNO7/c20-7-1-2-8(23)12-11(7)14(21)6-3-5-4-9(24)13(18(22)28)17(27)19(5,29)16(26)10(6)15(12)25/h1-2,5-6,10,13-14,23,29H,3-4H2,(H2,22,28)/t5-,6-,10?,13?,14+,19-/m0/s1. The molecule has 0 radical (unpaired) electrons. The number of aliphatic hydroxyl groups is 1. The molecule has 1 aromatic carbocycles. The van der Waals surface area contributed by atoms with Gasteiger partial charge in [-0.2, -0.15) is 0 Å². The Morgan fingerprint density at radius 2 is 1.86 bits per heavy atom. The maximum atomic E-state index is 15.4. The molecule has 4 N–H and O–H groups in total.